The van der Waals surface area contributed by atoms with Crippen LogP contribution >= 0.6 is 0 Å². The van der Waals surface area contributed by atoms with E-state index in [2.05, 4.69) is 15.2 Å². The Labute approximate surface area is 147 Å². The summed E-state index contributed by atoms with van der Waals surface area (Å²) in [5.74, 6) is 0.443. The molecule has 0 radical (unpaired) electrons. The van der Waals surface area contributed by atoms with Crippen molar-refractivity contribution in [3.8, 4) is 0 Å². The number of ether oxygens (including phenoxy) is 1. The van der Waals surface area contributed by atoms with Crippen LogP contribution in [0.3, 0.4) is 0 Å². The van der Waals surface area contributed by atoms with Gasteiger partial charge in [-0.15, -0.1) is 0 Å². The third-order valence-corrected chi connectivity index (χ3v) is 4.99. The van der Waals surface area contributed by atoms with Crippen molar-refractivity contribution in [2.24, 2.45) is 11.8 Å². The van der Waals surface area contributed by atoms with Crippen molar-refractivity contribution in [3.05, 3.63) is 23.9 Å². The molecule has 1 aromatic rings. The lowest BCUT2D eigenvalue weighted by Crippen LogP contribution is -2.43. The quantitative estimate of drug-likeness (QED) is 0.839. The van der Waals surface area contributed by atoms with Crippen LogP contribution in [0.15, 0.2) is 18.3 Å². The van der Waals surface area contributed by atoms with Crippen molar-refractivity contribution in [1.29, 1.82) is 0 Å². The largest absolute Gasteiger partial charge is 0.478 e. The lowest BCUT2D eigenvalue weighted by Gasteiger charge is -2.34. The number of carbonyl (C=O) groups excluding carboxylic acids is 1. The highest BCUT2D eigenvalue weighted by Gasteiger charge is 2.25. The number of carboxylic acids is 1. The molecule has 1 unspecified atom stereocenters. The number of aromatic nitrogens is 1. The summed E-state index contributed by atoms with van der Waals surface area (Å²) in [6.07, 6.45) is 5.14. The summed E-state index contributed by atoms with van der Waals surface area (Å²) in [6, 6.07) is 3.34. The van der Waals surface area contributed by atoms with Gasteiger partial charge >= 0.3 is 5.97 Å². The first-order valence-electron chi connectivity index (χ1n) is 8.93. The Hall–Kier alpha value is -2.15. The third-order valence-electron chi connectivity index (χ3n) is 4.99. The summed E-state index contributed by atoms with van der Waals surface area (Å²) in [6.45, 7) is 3.76. The number of carboxylic acid groups (broad SMARTS) is 1. The predicted octanol–water partition coefficient (Wildman–Crippen LogP) is 1.54. The van der Waals surface area contributed by atoms with Crippen molar-refractivity contribution in [1.82, 2.24) is 10.3 Å². The van der Waals surface area contributed by atoms with Crippen LogP contribution in [0.1, 0.15) is 36.0 Å². The highest BCUT2D eigenvalue weighted by atomic mass is 16.5. The number of hydrogen-bond donors (Lipinski definition) is 2. The molecule has 25 heavy (non-hydrogen) atoms. The molecule has 1 atom stereocenters. The number of amides is 1. The van der Waals surface area contributed by atoms with Crippen LogP contribution in [0.5, 0.6) is 0 Å². The minimum atomic E-state index is -0.966. The molecular formula is C18H25N3O4. The first kappa shape index (κ1) is 17.7. The molecule has 0 bridgehead atoms. The van der Waals surface area contributed by atoms with Crippen LogP contribution in [-0.2, 0) is 9.53 Å². The molecule has 1 amide bonds. The van der Waals surface area contributed by atoms with Crippen LogP contribution in [-0.4, -0.2) is 54.8 Å². The summed E-state index contributed by atoms with van der Waals surface area (Å²) in [5.41, 5.74) is 0.195. The molecule has 136 valence electrons. The van der Waals surface area contributed by atoms with Crippen LogP contribution in [0, 0.1) is 11.8 Å². The zero-order chi connectivity index (χ0) is 17.6. The van der Waals surface area contributed by atoms with E-state index in [4.69, 9.17) is 9.84 Å². The number of pyridine rings is 1. The van der Waals surface area contributed by atoms with Crippen LogP contribution < -0.4 is 10.2 Å². The molecule has 2 saturated heterocycles. The molecule has 7 nitrogen and oxygen atoms in total. The van der Waals surface area contributed by atoms with Crippen molar-refractivity contribution in [2.75, 3.05) is 37.7 Å². The van der Waals surface area contributed by atoms with E-state index in [0.717, 1.165) is 44.6 Å². The van der Waals surface area contributed by atoms with Gasteiger partial charge in [0.05, 0.1) is 5.56 Å². The molecular weight excluding hydrogens is 322 g/mol. The Bertz CT molecular complexity index is 599. The summed E-state index contributed by atoms with van der Waals surface area (Å²) in [7, 11) is 0. The van der Waals surface area contributed by atoms with Gasteiger partial charge in [-0.1, -0.05) is 0 Å². The van der Waals surface area contributed by atoms with Crippen LogP contribution in [0.4, 0.5) is 5.82 Å². The molecule has 0 aromatic carbocycles. The van der Waals surface area contributed by atoms with Crippen molar-refractivity contribution < 1.29 is 19.4 Å². The molecule has 7 heteroatoms. The molecule has 2 N–H and O–H groups in total. The van der Waals surface area contributed by atoms with Crippen molar-refractivity contribution in [3.63, 3.8) is 0 Å². The lowest BCUT2D eigenvalue weighted by molar-refractivity contribution is -0.128. The summed E-state index contributed by atoms with van der Waals surface area (Å²) in [5, 5.41) is 12.1. The average Bonchev–Trinajstić information content (AvgIpc) is 2.67. The van der Waals surface area contributed by atoms with Crippen molar-refractivity contribution >= 4 is 17.7 Å². The van der Waals surface area contributed by atoms with Crippen LogP contribution in [0.2, 0.25) is 0 Å². The Morgan fingerprint density at radius 1 is 1.28 bits per heavy atom. The topological polar surface area (TPSA) is 91.8 Å². The number of hydrogen-bond acceptors (Lipinski definition) is 5. The fourth-order valence-electron chi connectivity index (χ4n) is 3.49. The maximum atomic E-state index is 12.2. The average molecular weight is 347 g/mol. The zero-order valence-electron chi connectivity index (χ0n) is 14.3. The highest BCUT2D eigenvalue weighted by molar-refractivity contribution is 5.87. The second kappa shape index (κ2) is 8.29. The predicted molar refractivity (Wildman–Crippen MR) is 92.7 cm³/mol. The lowest BCUT2D eigenvalue weighted by atomic mass is 9.96. The van der Waals surface area contributed by atoms with Gasteiger partial charge < -0.3 is 20.1 Å². The number of rotatable bonds is 5. The van der Waals surface area contributed by atoms with E-state index < -0.39 is 5.97 Å². The molecule has 0 saturated carbocycles. The van der Waals surface area contributed by atoms with Gasteiger partial charge in [-0.2, -0.15) is 0 Å². The number of aromatic carboxylic acids is 1. The molecule has 3 rings (SSSR count). The number of piperidine rings is 1. The van der Waals surface area contributed by atoms with Gasteiger partial charge in [-0.25, -0.2) is 9.78 Å². The van der Waals surface area contributed by atoms with Gasteiger partial charge in [0.2, 0.25) is 5.91 Å². The van der Waals surface area contributed by atoms with Gasteiger partial charge in [0.1, 0.15) is 5.82 Å². The summed E-state index contributed by atoms with van der Waals surface area (Å²) >= 11 is 0. The molecule has 3 heterocycles. The Morgan fingerprint density at radius 2 is 2.08 bits per heavy atom. The Balaban J connectivity index is 1.50. The third kappa shape index (κ3) is 4.69. The number of carbonyl (C=O) groups is 2. The fourth-order valence-corrected chi connectivity index (χ4v) is 3.49. The fraction of sp³-hybridized carbons (Fsp3) is 0.611. The summed E-state index contributed by atoms with van der Waals surface area (Å²) < 4.78 is 5.30. The number of anilines is 1. The molecule has 0 aliphatic carbocycles. The van der Waals surface area contributed by atoms with E-state index in [-0.39, 0.29) is 17.4 Å². The Morgan fingerprint density at radius 3 is 2.76 bits per heavy atom. The van der Waals surface area contributed by atoms with E-state index in [1.165, 1.54) is 6.20 Å². The molecule has 1 aromatic heterocycles. The van der Waals surface area contributed by atoms with Gasteiger partial charge in [-0.3, -0.25) is 4.79 Å². The standard InChI is InChI=1S/C18H25N3O4/c22-17(14-5-8-25-9-6-14)20-10-13-2-1-7-21(12-13)16-4-3-15(11-19-16)18(23)24/h3-4,11,13-14H,1-2,5-10,12H2,(H,20,22)(H,23,24). The number of nitrogens with zero attached hydrogens (tertiary/aromatic N) is 2. The second-order valence-electron chi connectivity index (χ2n) is 6.80. The first-order valence-corrected chi connectivity index (χ1v) is 8.93. The SMILES string of the molecule is O=C(O)c1ccc(N2CCCC(CNC(=O)C3CCOCC3)C2)nc1. The minimum absolute atomic E-state index is 0.0821. The van der Waals surface area contributed by atoms with Gasteiger partial charge in [0.25, 0.3) is 0 Å². The van der Waals surface area contributed by atoms with Gasteiger partial charge in [0.15, 0.2) is 0 Å². The van der Waals surface area contributed by atoms with E-state index in [0.29, 0.717) is 25.7 Å². The van der Waals surface area contributed by atoms with Crippen LogP contribution in [0.25, 0.3) is 0 Å². The highest BCUT2D eigenvalue weighted by Crippen LogP contribution is 2.22. The Kier molecular flexibility index (Phi) is 5.86. The molecule has 0 spiro atoms. The summed E-state index contributed by atoms with van der Waals surface area (Å²) in [4.78, 5) is 29.6. The maximum absolute atomic E-state index is 12.2. The van der Waals surface area contributed by atoms with E-state index in [1.54, 1.807) is 12.1 Å². The molecule has 2 aliphatic rings. The first-order chi connectivity index (χ1) is 12.1. The smallest absolute Gasteiger partial charge is 0.337 e. The monoisotopic (exact) mass is 347 g/mol. The van der Waals surface area contributed by atoms with E-state index >= 15 is 0 Å². The van der Waals surface area contributed by atoms with Gasteiger partial charge in [0, 0.05) is 45.0 Å². The second-order valence-corrected chi connectivity index (χ2v) is 6.80. The van der Waals surface area contributed by atoms with Crippen molar-refractivity contribution in [2.45, 2.75) is 25.7 Å². The number of nitrogens with one attached hydrogen (secondary N) is 1. The minimum Gasteiger partial charge on any atom is -0.478 e. The molecule has 2 aliphatic heterocycles. The van der Waals surface area contributed by atoms with E-state index in [9.17, 15) is 9.59 Å². The zero-order valence-corrected chi connectivity index (χ0v) is 14.3. The van der Waals surface area contributed by atoms with Gasteiger partial charge in [-0.05, 0) is 43.7 Å². The van der Waals surface area contributed by atoms with E-state index in [1.807, 2.05) is 0 Å². The maximum Gasteiger partial charge on any atom is 0.337 e. The molecule has 2 fully saturated rings. The normalized spacial score (nSPS) is 21.8.